The van der Waals surface area contributed by atoms with E-state index in [1.165, 1.54) is 38.2 Å². The van der Waals surface area contributed by atoms with E-state index in [4.69, 9.17) is 10.7 Å². The van der Waals surface area contributed by atoms with E-state index in [9.17, 15) is 0 Å². The fourth-order valence-electron chi connectivity index (χ4n) is 8.16. The summed E-state index contributed by atoms with van der Waals surface area (Å²) in [5.74, 6) is 0.468. The van der Waals surface area contributed by atoms with Gasteiger partial charge in [-0.3, -0.25) is 0 Å². The Hall–Kier alpha value is -7.43. The third kappa shape index (κ3) is 5.94. The van der Waals surface area contributed by atoms with Gasteiger partial charge in [0.05, 0.1) is 27.8 Å². The summed E-state index contributed by atoms with van der Waals surface area (Å²) in [6.45, 7) is 0. The van der Waals surface area contributed by atoms with Crippen molar-refractivity contribution in [1.82, 2.24) is 9.13 Å². The summed E-state index contributed by atoms with van der Waals surface area (Å²) >= 11 is 0. The average Bonchev–Trinajstić information content (AvgIpc) is 3.79. The van der Waals surface area contributed by atoms with Gasteiger partial charge >= 0.3 is 0 Å². The first-order chi connectivity index (χ1) is 27.7. The van der Waals surface area contributed by atoms with E-state index in [0.29, 0.717) is 12.3 Å². The van der Waals surface area contributed by atoms with Gasteiger partial charge in [0.25, 0.3) is 0 Å². The van der Waals surface area contributed by atoms with Crippen molar-refractivity contribution in [2.24, 2.45) is 10.7 Å². The van der Waals surface area contributed by atoms with E-state index in [0.717, 1.165) is 50.3 Å². The third-order valence-electron chi connectivity index (χ3n) is 10.8. The first-order valence-corrected chi connectivity index (χ1v) is 19.1. The van der Waals surface area contributed by atoms with Crippen molar-refractivity contribution in [2.75, 3.05) is 0 Å². The van der Waals surface area contributed by atoms with Crippen LogP contribution in [0.1, 0.15) is 16.7 Å². The zero-order valence-electron chi connectivity index (χ0n) is 30.8. The molecule has 4 nitrogen and oxygen atoms in total. The van der Waals surface area contributed by atoms with Crippen LogP contribution in [0.25, 0.3) is 71.8 Å². The van der Waals surface area contributed by atoms with Crippen LogP contribution in [-0.4, -0.2) is 15.0 Å². The number of hydrogen-bond acceptors (Lipinski definition) is 1. The SMILES string of the molecule is N/C(=N\C(=C/Cc1cccc(-c2ccccc2)c1)c1cc(-n2c3ccccc3c3ccccc32)cc(-n2c3ccccc3c3ccccc32)c1)c1ccccc1. The van der Waals surface area contributed by atoms with Crippen molar-refractivity contribution in [3.63, 3.8) is 0 Å². The number of benzene rings is 8. The molecule has 0 aliphatic carbocycles. The minimum atomic E-state index is 0.468. The molecular weight excluding hydrogens is 681 g/mol. The Kier molecular flexibility index (Phi) is 8.34. The zero-order valence-corrected chi connectivity index (χ0v) is 30.8. The number of aliphatic imine (C=N–C) groups is 1. The number of amidine groups is 1. The molecule has 0 bridgehead atoms. The van der Waals surface area contributed by atoms with Crippen molar-refractivity contribution in [2.45, 2.75) is 6.42 Å². The Morgan fingerprint density at radius 2 is 0.875 bits per heavy atom. The number of hydrogen-bond donors (Lipinski definition) is 1. The van der Waals surface area contributed by atoms with Crippen LogP contribution < -0.4 is 5.73 Å². The van der Waals surface area contributed by atoms with E-state index < -0.39 is 0 Å². The maximum atomic E-state index is 6.86. The van der Waals surface area contributed by atoms with Crippen molar-refractivity contribution in [1.29, 1.82) is 0 Å². The van der Waals surface area contributed by atoms with Crippen LogP contribution in [0.15, 0.2) is 211 Å². The maximum Gasteiger partial charge on any atom is 0.131 e. The molecule has 10 rings (SSSR count). The quantitative estimate of drug-likeness (QED) is 0.123. The van der Waals surface area contributed by atoms with Crippen LogP contribution in [-0.2, 0) is 6.42 Å². The van der Waals surface area contributed by atoms with E-state index >= 15 is 0 Å². The summed E-state index contributed by atoms with van der Waals surface area (Å²) in [6.07, 6.45) is 2.90. The molecule has 2 N–H and O–H groups in total. The molecule has 0 atom stereocenters. The monoisotopic (exact) mass is 718 g/mol. The number of para-hydroxylation sites is 4. The molecular formula is C52H38N4. The zero-order chi connectivity index (χ0) is 37.4. The maximum absolute atomic E-state index is 6.86. The standard InChI is InChI=1S/C52H38N4/c53-52(38-19-5-2-6-20-38)54-47(31-30-36-16-15-21-39(32-36)37-17-3-1-4-18-37)40-33-41(55-48-26-11-7-22-43(48)44-23-8-12-27-49(44)55)35-42(34-40)56-50-28-13-9-24-45(50)46-25-10-14-29-51(46)56/h1-29,31-35H,30H2,(H2,53,54)/b47-31-. The molecule has 0 fully saturated rings. The summed E-state index contributed by atoms with van der Waals surface area (Å²) in [5, 5.41) is 4.86. The molecule has 0 aliphatic rings. The van der Waals surface area contributed by atoms with E-state index in [1.807, 2.05) is 30.3 Å². The predicted molar refractivity (Wildman–Crippen MR) is 236 cm³/mol. The number of allylic oxidation sites excluding steroid dienone is 1. The lowest BCUT2D eigenvalue weighted by Gasteiger charge is -2.16. The van der Waals surface area contributed by atoms with Crippen molar-refractivity contribution >= 4 is 55.1 Å². The van der Waals surface area contributed by atoms with Crippen LogP contribution in [0.5, 0.6) is 0 Å². The second kappa shape index (κ2) is 14.1. The molecule has 0 aliphatic heterocycles. The van der Waals surface area contributed by atoms with Crippen molar-refractivity contribution < 1.29 is 0 Å². The van der Waals surface area contributed by atoms with Crippen LogP contribution in [0.2, 0.25) is 0 Å². The molecule has 10 aromatic rings. The topological polar surface area (TPSA) is 48.2 Å². The number of aromatic nitrogens is 2. The van der Waals surface area contributed by atoms with Crippen LogP contribution in [0.4, 0.5) is 0 Å². The second-order valence-corrected chi connectivity index (χ2v) is 14.2. The normalized spacial score (nSPS) is 12.3. The van der Waals surface area contributed by atoms with Crippen molar-refractivity contribution in [3.05, 3.63) is 223 Å². The summed E-state index contributed by atoms with van der Waals surface area (Å²) < 4.78 is 4.77. The van der Waals surface area contributed by atoms with Crippen molar-refractivity contribution in [3.8, 4) is 22.5 Å². The summed E-state index contributed by atoms with van der Waals surface area (Å²) in [6, 6.07) is 70.8. The molecule has 0 unspecified atom stereocenters. The Morgan fingerprint density at radius 1 is 0.429 bits per heavy atom. The highest BCUT2D eigenvalue weighted by Gasteiger charge is 2.18. The summed E-state index contributed by atoms with van der Waals surface area (Å²) in [4.78, 5) is 5.24. The molecule has 2 heterocycles. The van der Waals surface area contributed by atoms with Gasteiger partial charge in [-0.05, 0) is 65.6 Å². The fraction of sp³-hybridized carbons (Fsp3) is 0.0192. The first-order valence-electron chi connectivity index (χ1n) is 19.1. The Labute approximate surface area is 325 Å². The van der Waals surface area contributed by atoms with Gasteiger partial charge in [-0.1, -0.05) is 164 Å². The van der Waals surface area contributed by atoms with Gasteiger partial charge in [0, 0.05) is 44.0 Å². The average molecular weight is 719 g/mol. The largest absolute Gasteiger partial charge is 0.383 e. The Morgan fingerprint density at radius 3 is 1.39 bits per heavy atom. The Balaban J connectivity index is 1.23. The first kappa shape index (κ1) is 33.2. The number of fused-ring (bicyclic) bond motifs is 6. The fourth-order valence-corrected chi connectivity index (χ4v) is 8.16. The van der Waals surface area contributed by atoms with Gasteiger partial charge in [-0.15, -0.1) is 0 Å². The molecule has 56 heavy (non-hydrogen) atoms. The van der Waals surface area contributed by atoms with E-state index in [-0.39, 0.29) is 0 Å². The molecule has 0 radical (unpaired) electrons. The smallest absolute Gasteiger partial charge is 0.131 e. The number of rotatable bonds is 8. The highest BCUT2D eigenvalue weighted by Crippen LogP contribution is 2.37. The summed E-state index contributed by atoms with van der Waals surface area (Å²) in [7, 11) is 0. The molecule has 0 spiro atoms. The lowest BCUT2D eigenvalue weighted by molar-refractivity contribution is 1.13. The van der Waals surface area contributed by atoms with Crippen LogP contribution in [0.3, 0.4) is 0 Å². The second-order valence-electron chi connectivity index (χ2n) is 14.2. The third-order valence-corrected chi connectivity index (χ3v) is 10.8. The summed E-state index contributed by atoms with van der Waals surface area (Å²) in [5.41, 5.74) is 19.8. The van der Waals surface area contributed by atoms with Gasteiger partial charge in [0.15, 0.2) is 0 Å². The number of nitrogens with zero attached hydrogens (tertiary/aromatic N) is 3. The Bertz CT molecular complexity index is 2870. The molecule has 4 heteroatoms. The van der Waals surface area contributed by atoms with Gasteiger partial charge in [0.1, 0.15) is 5.84 Å². The molecule has 266 valence electrons. The lowest BCUT2D eigenvalue weighted by atomic mass is 10.0. The highest BCUT2D eigenvalue weighted by molar-refractivity contribution is 6.11. The highest BCUT2D eigenvalue weighted by atomic mass is 15.0. The number of nitrogens with two attached hydrogens (primary N) is 1. The lowest BCUT2D eigenvalue weighted by Crippen LogP contribution is -2.13. The van der Waals surface area contributed by atoms with Crippen LogP contribution >= 0.6 is 0 Å². The van der Waals surface area contributed by atoms with E-state index in [2.05, 4.69) is 185 Å². The minimum Gasteiger partial charge on any atom is -0.383 e. The van der Waals surface area contributed by atoms with Crippen LogP contribution in [0, 0.1) is 0 Å². The molecule has 8 aromatic carbocycles. The van der Waals surface area contributed by atoms with Gasteiger partial charge in [-0.25, -0.2) is 4.99 Å². The predicted octanol–water partition coefficient (Wildman–Crippen LogP) is 12.5. The minimum absolute atomic E-state index is 0.468. The van der Waals surface area contributed by atoms with E-state index in [1.54, 1.807) is 0 Å². The molecule has 0 amide bonds. The van der Waals surface area contributed by atoms with Gasteiger partial charge < -0.3 is 14.9 Å². The molecule has 0 saturated carbocycles. The molecule has 0 saturated heterocycles. The molecule has 2 aromatic heterocycles. The van der Waals surface area contributed by atoms with Gasteiger partial charge in [0.2, 0.25) is 0 Å². The van der Waals surface area contributed by atoms with Gasteiger partial charge in [-0.2, -0.15) is 0 Å².